The molecule has 0 atom stereocenters. The highest BCUT2D eigenvalue weighted by Crippen LogP contribution is 2.42. The first-order chi connectivity index (χ1) is 10.8. The lowest BCUT2D eigenvalue weighted by molar-refractivity contribution is 0.406. The number of nitrogens with one attached hydrogen (secondary N) is 1. The lowest BCUT2D eigenvalue weighted by Crippen LogP contribution is -2.45. The Morgan fingerprint density at radius 2 is 1.96 bits per heavy atom. The fourth-order valence-electron chi connectivity index (χ4n) is 3.42. The molecule has 0 unspecified atom stereocenters. The Hall–Kier alpha value is -1.48. The predicted octanol–water partition coefficient (Wildman–Crippen LogP) is 4.61. The highest BCUT2D eigenvalue weighted by molar-refractivity contribution is 5.82. The van der Waals surface area contributed by atoms with Crippen LogP contribution in [0.3, 0.4) is 0 Å². The second-order valence-corrected chi connectivity index (χ2v) is 7.35. The van der Waals surface area contributed by atoms with Crippen LogP contribution < -0.4 is 15.0 Å². The quantitative estimate of drug-likeness (QED) is 0.830. The first-order valence-electron chi connectivity index (χ1n) is 8.72. The molecule has 128 valence electrons. The molecule has 0 aliphatic carbocycles. The standard InChI is InChI=1S/C20H32N2O/c1-8-9-22-18-11-19(23-7)16(13-21-14(2)3)10-17(18)15(4)12-20(22,5)6/h10-12,14,21H,8-9,13H2,1-7H3. The molecule has 23 heavy (non-hydrogen) atoms. The van der Waals surface area contributed by atoms with Gasteiger partial charge in [-0.3, -0.25) is 0 Å². The van der Waals surface area contributed by atoms with E-state index in [1.54, 1.807) is 7.11 Å². The maximum absolute atomic E-state index is 5.69. The highest BCUT2D eigenvalue weighted by Gasteiger charge is 2.31. The van der Waals surface area contributed by atoms with Crippen LogP contribution >= 0.6 is 0 Å². The Morgan fingerprint density at radius 3 is 2.52 bits per heavy atom. The van der Waals surface area contributed by atoms with Gasteiger partial charge in [0.05, 0.1) is 12.6 Å². The summed E-state index contributed by atoms with van der Waals surface area (Å²) < 4.78 is 5.69. The summed E-state index contributed by atoms with van der Waals surface area (Å²) >= 11 is 0. The van der Waals surface area contributed by atoms with Crippen LogP contribution in [0.4, 0.5) is 5.69 Å². The van der Waals surface area contributed by atoms with Crippen LogP contribution in [0.1, 0.15) is 59.1 Å². The average molecular weight is 316 g/mol. The molecule has 0 bridgehead atoms. The van der Waals surface area contributed by atoms with Crippen molar-refractivity contribution in [2.24, 2.45) is 0 Å². The number of fused-ring (bicyclic) bond motifs is 1. The zero-order chi connectivity index (χ0) is 17.2. The molecule has 1 heterocycles. The minimum absolute atomic E-state index is 0.0375. The van der Waals surface area contributed by atoms with Gasteiger partial charge in [0.1, 0.15) is 5.75 Å². The molecule has 0 saturated heterocycles. The van der Waals surface area contributed by atoms with Crippen LogP contribution in [0.15, 0.2) is 18.2 Å². The smallest absolute Gasteiger partial charge is 0.125 e. The zero-order valence-corrected chi connectivity index (χ0v) is 15.8. The van der Waals surface area contributed by atoms with Gasteiger partial charge in [-0.15, -0.1) is 0 Å². The lowest BCUT2D eigenvalue weighted by Gasteiger charge is -2.43. The van der Waals surface area contributed by atoms with Crippen LogP contribution in [-0.2, 0) is 6.54 Å². The summed E-state index contributed by atoms with van der Waals surface area (Å²) in [5.41, 5.74) is 5.24. The number of benzene rings is 1. The number of nitrogens with zero attached hydrogens (tertiary/aromatic N) is 1. The maximum atomic E-state index is 5.69. The average Bonchev–Trinajstić information content (AvgIpc) is 2.48. The molecule has 1 N–H and O–H groups in total. The van der Waals surface area contributed by atoms with Gasteiger partial charge >= 0.3 is 0 Å². The van der Waals surface area contributed by atoms with E-state index in [-0.39, 0.29) is 5.54 Å². The summed E-state index contributed by atoms with van der Waals surface area (Å²) in [5.74, 6) is 0.975. The molecule has 0 spiro atoms. The van der Waals surface area contributed by atoms with Gasteiger partial charge in [-0.2, -0.15) is 0 Å². The van der Waals surface area contributed by atoms with Crippen LogP contribution in [-0.4, -0.2) is 25.2 Å². The molecule has 1 aliphatic rings. The number of hydrogen-bond donors (Lipinski definition) is 1. The first kappa shape index (κ1) is 17.9. The molecule has 0 aromatic heterocycles. The van der Waals surface area contributed by atoms with Gasteiger partial charge < -0.3 is 15.0 Å². The maximum Gasteiger partial charge on any atom is 0.125 e. The van der Waals surface area contributed by atoms with Gasteiger partial charge in [0.25, 0.3) is 0 Å². The third kappa shape index (κ3) is 3.72. The van der Waals surface area contributed by atoms with Crippen molar-refractivity contribution in [3.63, 3.8) is 0 Å². The molecule has 0 amide bonds. The summed E-state index contributed by atoms with van der Waals surface area (Å²) in [4.78, 5) is 2.50. The summed E-state index contributed by atoms with van der Waals surface area (Å²) in [6.07, 6.45) is 3.52. The number of hydrogen-bond acceptors (Lipinski definition) is 3. The van der Waals surface area contributed by atoms with Gasteiger partial charge in [-0.1, -0.05) is 26.8 Å². The molecule has 0 saturated carbocycles. The van der Waals surface area contributed by atoms with Crippen molar-refractivity contribution in [2.75, 3.05) is 18.6 Å². The van der Waals surface area contributed by atoms with Crippen LogP contribution in [0.5, 0.6) is 5.75 Å². The molecule has 1 aliphatic heterocycles. The van der Waals surface area contributed by atoms with E-state index >= 15 is 0 Å². The third-order valence-electron chi connectivity index (χ3n) is 4.53. The van der Waals surface area contributed by atoms with E-state index in [4.69, 9.17) is 4.74 Å². The molecule has 1 aromatic carbocycles. The molecule has 1 aromatic rings. The Labute approximate surface area is 141 Å². The summed E-state index contributed by atoms with van der Waals surface area (Å²) in [7, 11) is 1.77. The van der Waals surface area contributed by atoms with Crippen LogP contribution in [0.25, 0.3) is 5.57 Å². The minimum atomic E-state index is 0.0375. The van der Waals surface area contributed by atoms with E-state index in [0.29, 0.717) is 6.04 Å². The van der Waals surface area contributed by atoms with Crippen molar-refractivity contribution in [3.8, 4) is 5.75 Å². The van der Waals surface area contributed by atoms with E-state index in [0.717, 1.165) is 25.3 Å². The van der Waals surface area contributed by atoms with E-state index in [9.17, 15) is 0 Å². The van der Waals surface area contributed by atoms with Gasteiger partial charge in [-0.25, -0.2) is 0 Å². The molecule has 0 fully saturated rings. The summed E-state index contributed by atoms with van der Waals surface area (Å²) in [5, 5.41) is 3.50. The van der Waals surface area contributed by atoms with Crippen molar-refractivity contribution in [2.45, 2.75) is 66.1 Å². The molecular formula is C20H32N2O. The second kappa shape index (κ2) is 6.96. The number of methoxy groups -OCH3 is 1. The lowest BCUT2D eigenvalue weighted by atomic mass is 9.87. The number of rotatable bonds is 6. The van der Waals surface area contributed by atoms with Gasteiger partial charge in [0.15, 0.2) is 0 Å². The number of allylic oxidation sites excluding steroid dienone is 1. The second-order valence-electron chi connectivity index (χ2n) is 7.35. The number of anilines is 1. The van der Waals surface area contributed by atoms with Crippen LogP contribution in [0.2, 0.25) is 0 Å². The fourth-order valence-corrected chi connectivity index (χ4v) is 3.42. The Morgan fingerprint density at radius 1 is 1.26 bits per heavy atom. The van der Waals surface area contributed by atoms with Crippen molar-refractivity contribution in [1.29, 1.82) is 0 Å². The number of ether oxygens (including phenoxy) is 1. The van der Waals surface area contributed by atoms with Crippen molar-refractivity contribution in [3.05, 3.63) is 29.3 Å². The third-order valence-corrected chi connectivity index (χ3v) is 4.53. The van der Waals surface area contributed by atoms with E-state index in [2.05, 4.69) is 70.0 Å². The van der Waals surface area contributed by atoms with E-state index in [1.165, 1.54) is 22.4 Å². The molecule has 2 rings (SSSR count). The topological polar surface area (TPSA) is 24.5 Å². The Kier molecular flexibility index (Phi) is 5.41. The SMILES string of the molecule is CCCN1c2cc(OC)c(CNC(C)C)cc2C(C)=CC1(C)C. The predicted molar refractivity (Wildman–Crippen MR) is 100 cm³/mol. The Bertz CT molecular complexity index is 588. The summed E-state index contributed by atoms with van der Waals surface area (Å²) in [6, 6.07) is 4.98. The van der Waals surface area contributed by atoms with Crippen molar-refractivity contribution < 1.29 is 4.74 Å². The van der Waals surface area contributed by atoms with E-state index < -0.39 is 0 Å². The molecule has 3 nitrogen and oxygen atoms in total. The molecular weight excluding hydrogens is 284 g/mol. The van der Waals surface area contributed by atoms with Crippen molar-refractivity contribution >= 4 is 11.3 Å². The minimum Gasteiger partial charge on any atom is -0.496 e. The Balaban J connectivity index is 2.51. The normalized spacial score (nSPS) is 16.3. The van der Waals surface area contributed by atoms with Crippen LogP contribution in [0, 0.1) is 0 Å². The van der Waals surface area contributed by atoms with Gasteiger partial charge in [0, 0.05) is 42.0 Å². The highest BCUT2D eigenvalue weighted by atomic mass is 16.5. The summed E-state index contributed by atoms with van der Waals surface area (Å²) in [6.45, 7) is 15.2. The molecule has 3 heteroatoms. The molecule has 0 radical (unpaired) electrons. The first-order valence-corrected chi connectivity index (χ1v) is 8.72. The largest absolute Gasteiger partial charge is 0.496 e. The fraction of sp³-hybridized carbons (Fsp3) is 0.600. The van der Waals surface area contributed by atoms with Gasteiger partial charge in [-0.05, 0) is 38.8 Å². The van der Waals surface area contributed by atoms with Crippen molar-refractivity contribution in [1.82, 2.24) is 5.32 Å². The zero-order valence-electron chi connectivity index (χ0n) is 15.8. The van der Waals surface area contributed by atoms with Gasteiger partial charge in [0.2, 0.25) is 0 Å². The van der Waals surface area contributed by atoms with E-state index in [1.807, 2.05) is 0 Å². The monoisotopic (exact) mass is 316 g/mol.